The lowest BCUT2D eigenvalue weighted by Crippen LogP contribution is -2.13. The summed E-state index contributed by atoms with van der Waals surface area (Å²) < 4.78 is 7.72. The summed E-state index contributed by atoms with van der Waals surface area (Å²) in [5, 5.41) is 9.19. The van der Waals surface area contributed by atoms with E-state index in [1.54, 1.807) is 11.8 Å². The smallest absolute Gasteiger partial charge is 0.217 e. The first-order valence-electron chi connectivity index (χ1n) is 7.62. The van der Waals surface area contributed by atoms with Crippen molar-refractivity contribution in [2.24, 2.45) is 5.73 Å². The lowest BCUT2D eigenvalue weighted by atomic mass is 10.2. The Bertz CT molecular complexity index is 640. The van der Waals surface area contributed by atoms with E-state index in [1.165, 1.54) is 5.56 Å². The summed E-state index contributed by atoms with van der Waals surface area (Å²) in [7, 11) is 0. The van der Waals surface area contributed by atoms with Crippen LogP contribution in [0, 0.1) is 6.92 Å². The van der Waals surface area contributed by atoms with Crippen molar-refractivity contribution < 1.29 is 9.53 Å². The Hall–Kier alpha value is -2.02. The van der Waals surface area contributed by atoms with Gasteiger partial charge in [-0.05, 0) is 26.0 Å². The van der Waals surface area contributed by atoms with Crippen LogP contribution < -0.4 is 10.5 Å². The predicted octanol–water partition coefficient (Wildman–Crippen LogP) is 2.20. The second-order valence-electron chi connectivity index (χ2n) is 5.12. The van der Waals surface area contributed by atoms with Crippen molar-refractivity contribution in [2.45, 2.75) is 38.4 Å². The summed E-state index contributed by atoms with van der Waals surface area (Å²) in [4.78, 5) is 10.9. The van der Waals surface area contributed by atoms with Crippen LogP contribution in [0.15, 0.2) is 29.4 Å². The summed E-state index contributed by atoms with van der Waals surface area (Å²) in [6.45, 7) is 5.44. The standard InChI is InChI=1S/C16H22N4O2S/c1-3-20-15(9-8-14(17)21)18-19-16(20)23-11-10-22-13-6-4-12(2)5-7-13/h4-7H,3,8-11H2,1-2H3,(H2,17,21). The number of rotatable bonds is 9. The first-order chi connectivity index (χ1) is 11.1. The Morgan fingerprint density at radius 3 is 2.70 bits per heavy atom. The van der Waals surface area contributed by atoms with Crippen LogP contribution in [0.5, 0.6) is 5.75 Å². The maximum absolute atomic E-state index is 10.9. The van der Waals surface area contributed by atoms with Gasteiger partial charge in [-0.1, -0.05) is 29.5 Å². The topological polar surface area (TPSA) is 83.0 Å². The number of thioether (sulfide) groups is 1. The molecule has 2 N–H and O–H groups in total. The van der Waals surface area contributed by atoms with E-state index >= 15 is 0 Å². The molecule has 0 unspecified atom stereocenters. The zero-order valence-electron chi connectivity index (χ0n) is 13.5. The molecule has 0 bridgehead atoms. The molecule has 0 radical (unpaired) electrons. The minimum absolute atomic E-state index is 0.291. The number of carbonyl (C=O) groups is 1. The van der Waals surface area contributed by atoms with E-state index in [0.717, 1.165) is 29.0 Å². The van der Waals surface area contributed by atoms with Crippen LogP contribution in [0.2, 0.25) is 0 Å². The highest BCUT2D eigenvalue weighted by Gasteiger charge is 2.11. The molecule has 0 fully saturated rings. The van der Waals surface area contributed by atoms with Gasteiger partial charge >= 0.3 is 0 Å². The zero-order valence-corrected chi connectivity index (χ0v) is 14.3. The number of hydrogen-bond acceptors (Lipinski definition) is 5. The highest BCUT2D eigenvalue weighted by Crippen LogP contribution is 2.18. The fraction of sp³-hybridized carbons (Fsp3) is 0.438. The number of nitrogens with two attached hydrogens (primary N) is 1. The molecule has 0 aliphatic heterocycles. The van der Waals surface area contributed by atoms with E-state index in [0.29, 0.717) is 19.4 Å². The summed E-state index contributed by atoms with van der Waals surface area (Å²) in [5.74, 6) is 2.13. The average Bonchev–Trinajstić information content (AvgIpc) is 2.93. The van der Waals surface area contributed by atoms with Crippen LogP contribution >= 0.6 is 11.8 Å². The summed E-state index contributed by atoms with van der Waals surface area (Å²) in [5.41, 5.74) is 6.40. The van der Waals surface area contributed by atoms with Gasteiger partial charge in [0.1, 0.15) is 11.6 Å². The molecule has 1 amide bonds. The Morgan fingerprint density at radius 2 is 2.04 bits per heavy atom. The van der Waals surface area contributed by atoms with E-state index in [2.05, 4.69) is 10.2 Å². The first-order valence-corrected chi connectivity index (χ1v) is 8.61. The fourth-order valence-corrected chi connectivity index (χ4v) is 2.93. The fourth-order valence-electron chi connectivity index (χ4n) is 2.09. The molecular weight excluding hydrogens is 312 g/mol. The number of primary amides is 1. The third-order valence-electron chi connectivity index (χ3n) is 3.31. The molecule has 0 aliphatic carbocycles. The Labute approximate surface area is 140 Å². The molecule has 7 heteroatoms. The lowest BCUT2D eigenvalue weighted by molar-refractivity contribution is -0.118. The normalized spacial score (nSPS) is 10.7. The van der Waals surface area contributed by atoms with Gasteiger partial charge in [-0.25, -0.2) is 0 Å². The molecule has 0 aliphatic rings. The van der Waals surface area contributed by atoms with E-state index in [1.807, 2.05) is 42.7 Å². The number of hydrogen-bond donors (Lipinski definition) is 1. The van der Waals surface area contributed by atoms with Gasteiger partial charge in [0.2, 0.25) is 5.91 Å². The number of aryl methyl sites for hydroxylation is 2. The number of ether oxygens (including phenoxy) is 1. The van der Waals surface area contributed by atoms with Crippen LogP contribution in [0.1, 0.15) is 24.7 Å². The summed E-state index contributed by atoms with van der Waals surface area (Å²) in [6, 6.07) is 8.00. The number of aromatic nitrogens is 3. The summed E-state index contributed by atoms with van der Waals surface area (Å²) in [6.07, 6.45) is 0.815. The van der Waals surface area contributed by atoms with Crippen LogP contribution in [0.3, 0.4) is 0 Å². The van der Waals surface area contributed by atoms with E-state index < -0.39 is 0 Å². The van der Waals surface area contributed by atoms with Crippen molar-refractivity contribution in [1.29, 1.82) is 0 Å². The predicted molar refractivity (Wildman–Crippen MR) is 90.6 cm³/mol. The van der Waals surface area contributed by atoms with Crippen LogP contribution in [0.25, 0.3) is 0 Å². The molecule has 2 aromatic rings. The van der Waals surface area contributed by atoms with Crippen molar-refractivity contribution in [3.05, 3.63) is 35.7 Å². The van der Waals surface area contributed by atoms with E-state index in [-0.39, 0.29) is 5.91 Å². The highest BCUT2D eigenvalue weighted by molar-refractivity contribution is 7.99. The molecule has 0 spiro atoms. The second kappa shape index (κ2) is 8.57. The average molecular weight is 334 g/mol. The van der Waals surface area contributed by atoms with Crippen LogP contribution in [-0.2, 0) is 17.8 Å². The molecule has 0 saturated carbocycles. The molecule has 0 atom stereocenters. The molecule has 124 valence electrons. The van der Waals surface area contributed by atoms with Gasteiger partial charge in [-0.15, -0.1) is 10.2 Å². The van der Waals surface area contributed by atoms with Crippen molar-refractivity contribution in [1.82, 2.24) is 14.8 Å². The minimum atomic E-state index is -0.323. The van der Waals surface area contributed by atoms with Crippen molar-refractivity contribution in [3.8, 4) is 5.75 Å². The largest absolute Gasteiger partial charge is 0.493 e. The number of benzene rings is 1. The maximum atomic E-state index is 10.9. The maximum Gasteiger partial charge on any atom is 0.217 e. The lowest BCUT2D eigenvalue weighted by Gasteiger charge is -2.08. The minimum Gasteiger partial charge on any atom is -0.493 e. The van der Waals surface area contributed by atoms with E-state index in [4.69, 9.17) is 10.5 Å². The third kappa shape index (κ3) is 5.28. The van der Waals surface area contributed by atoms with Gasteiger partial charge in [0.05, 0.1) is 6.61 Å². The molecular formula is C16H22N4O2S. The second-order valence-corrected chi connectivity index (χ2v) is 6.18. The zero-order chi connectivity index (χ0) is 16.7. The summed E-state index contributed by atoms with van der Waals surface area (Å²) >= 11 is 1.60. The molecule has 1 aromatic carbocycles. The monoisotopic (exact) mass is 334 g/mol. The van der Waals surface area contributed by atoms with Gasteiger partial charge in [0.15, 0.2) is 5.16 Å². The van der Waals surface area contributed by atoms with Gasteiger partial charge in [0, 0.05) is 25.1 Å². The van der Waals surface area contributed by atoms with Crippen molar-refractivity contribution in [3.63, 3.8) is 0 Å². The first kappa shape index (κ1) is 17.3. The Kier molecular flexibility index (Phi) is 6.46. The Morgan fingerprint density at radius 1 is 1.30 bits per heavy atom. The van der Waals surface area contributed by atoms with Gasteiger partial charge in [0.25, 0.3) is 0 Å². The van der Waals surface area contributed by atoms with Crippen LogP contribution in [0.4, 0.5) is 0 Å². The molecule has 23 heavy (non-hydrogen) atoms. The van der Waals surface area contributed by atoms with Crippen molar-refractivity contribution in [2.75, 3.05) is 12.4 Å². The molecule has 1 heterocycles. The van der Waals surface area contributed by atoms with Gasteiger partial charge in [-0.3, -0.25) is 4.79 Å². The molecule has 6 nitrogen and oxygen atoms in total. The number of amides is 1. The SMILES string of the molecule is CCn1c(CCC(N)=O)nnc1SCCOc1ccc(C)cc1. The molecule has 1 aromatic heterocycles. The van der Waals surface area contributed by atoms with Crippen LogP contribution in [-0.4, -0.2) is 33.0 Å². The van der Waals surface area contributed by atoms with Gasteiger partial charge in [-0.2, -0.15) is 0 Å². The Balaban J connectivity index is 1.83. The quantitative estimate of drug-likeness (QED) is 0.561. The van der Waals surface area contributed by atoms with Gasteiger partial charge < -0.3 is 15.0 Å². The highest BCUT2D eigenvalue weighted by atomic mass is 32.2. The number of carbonyl (C=O) groups excluding carboxylic acids is 1. The van der Waals surface area contributed by atoms with Crippen molar-refractivity contribution >= 4 is 17.7 Å². The molecule has 0 saturated heterocycles. The third-order valence-corrected chi connectivity index (χ3v) is 4.24. The number of nitrogens with zero attached hydrogens (tertiary/aromatic N) is 3. The molecule has 2 rings (SSSR count). The van der Waals surface area contributed by atoms with E-state index in [9.17, 15) is 4.79 Å².